The molecule has 3 aromatic rings. The highest BCUT2D eigenvalue weighted by Crippen LogP contribution is 2.34. The molecule has 9 heteroatoms. The number of pyridine rings is 1. The van der Waals surface area contributed by atoms with Crippen LogP contribution in [0.4, 0.5) is 23.3 Å². The Morgan fingerprint density at radius 1 is 1.06 bits per heavy atom. The first kappa shape index (κ1) is 21.8. The molecule has 5 rings (SSSR count). The van der Waals surface area contributed by atoms with Gasteiger partial charge in [-0.25, -0.2) is 9.97 Å². The molecule has 0 spiro atoms. The molecule has 3 N–H and O–H groups in total. The van der Waals surface area contributed by atoms with Gasteiger partial charge in [0, 0.05) is 44.5 Å². The van der Waals surface area contributed by atoms with E-state index in [2.05, 4.69) is 43.5 Å². The molecule has 0 radical (unpaired) electrons. The molecular weight excluding hydrogens is 428 g/mol. The molecule has 2 aliphatic rings. The summed E-state index contributed by atoms with van der Waals surface area (Å²) in [4.78, 5) is 30.5. The van der Waals surface area contributed by atoms with E-state index in [1.165, 1.54) is 0 Å². The molecule has 0 saturated carbocycles. The number of hydrogen-bond donors (Lipinski definition) is 3. The third-order valence-electron chi connectivity index (χ3n) is 6.15. The van der Waals surface area contributed by atoms with Crippen LogP contribution in [0.1, 0.15) is 17.2 Å². The number of rotatable bonds is 5. The largest absolute Gasteiger partial charge is 0.368 e. The summed E-state index contributed by atoms with van der Waals surface area (Å²) in [6.45, 7) is 10.3. The number of carbonyl (C=O) groups is 1. The van der Waals surface area contributed by atoms with Crippen molar-refractivity contribution in [1.29, 1.82) is 0 Å². The molecule has 2 fully saturated rings. The van der Waals surface area contributed by atoms with Gasteiger partial charge in [-0.05, 0) is 24.6 Å². The van der Waals surface area contributed by atoms with Crippen LogP contribution in [0.5, 0.6) is 0 Å². The number of nitrogens with zero attached hydrogens (tertiary/aromatic N) is 5. The first-order valence-electron chi connectivity index (χ1n) is 11.4. The Bertz CT molecular complexity index is 1180. The van der Waals surface area contributed by atoms with Gasteiger partial charge in [0.15, 0.2) is 0 Å². The summed E-state index contributed by atoms with van der Waals surface area (Å²) in [5.74, 6) is 1.51. The van der Waals surface area contributed by atoms with E-state index in [9.17, 15) is 4.79 Å². The molecule has 4 heterocycles. The van der Waals surface area contributed by atoms with Crippen molar-refractivity contribution in [3.05, 3.63) is 78.3 Å². The number of anilines is 4. The highest BCUT2D eigenvalue weighted by atomic mass is 16.2. The number of piperazine rings is 2. The molecule has 0 bridgehead atoms. The van der Waals surface area contributed by atoms with Crippen molar-refractivity contribution < 1.29 is 4.79 Å². The first-order valence-corrected chi connectivity index (χ1v) is 11.4. The molecule has 2 aliphatic heterocycles. The van der Waals surface area contributed by atoms with Crippen molar-refractivity contribution in [2.75, 3.05) is 47.8 Å². The molecule has 34 heavy (non-hydrogen) atoms. The van der Waals surface area contributed by atoms with Gasteiger partial charge in [-0.1, -0.05) is 36.9 Å². The monoisotopic (exact) mass is 456 g/mol. The lowest BCUT2D eigenvalue weighted by atomic mass is 10.0. The van der Waals surface area contributed by atoms with Crippen LogP contribution >= 0.6 is 0 Å². The third kappa shape index (κ3) is 4.42. The maximum absolute atomic E-state index is 12.5. The number of aryl methyl sites for hydroxylation is 1. The van der Waals surface area contributed by atoms with Crippen LogP contribution in [0.3, 0.4) is 0 Å². The van der Waals surface area contributed by atoms with Crippen molar-refractivity contribution in [3.63, 3.8) is 0 Å². The van der Waals surface area contributed by atoms with E-state index in [-0.39, 0.29) is 11.9 Å². The molecule has 0 aliphatic carbocycles. The zero-order chi connectivity index (χ0) is 23.5. The van der Waals surface area contributed by atoms with Crippen molar-refractivity contribution in [2.24, 2.45) is 0 Å². The van der Waals surface area contributed by atoms with E-state index in [0.29, 0.717) is 29.8 Å². The predicted molar refractivity (Wildman–Crippen MR) is 133 cm³/mol. The number of nitrogens with one attached hydrogen (secondary N) is 3. The van der Waals surface area contributed by atoms with E-state index >= 15 is 0 Å². The fourth-order valence-electron chi connectivity index (χ4n) is 4.32. The number of amides is 1. The third-order valence-corrected chi connectivity index (χ3v) is 6.15. The average Bonchev–Trinajstić information content (AvgIpc) is 2.88. The summed E-state index contributed by atoms with van der Waals surface area (Å²) in [5, 5.41) is 9.49. The Hall–Kier alpha value is -3.98. The summed E-state index contributed by atoms with van der Waals surface area (Å²) >= 11 is 0. The maximum Gasteiger partial charge on any atom is 0.267 e. The number of carbonyl (C=O) groups excluding carboxylic acids is 1. The van der Waals surface area contributed by atoms with Gasteiger partial charge in [0.25, 0.3) is 5.91 Å². The van der Waals surface area contributed by atoms with Crippen LogP contribution in [0, 0.1) is 6.92 Å². The molecule has 1 amide bonds. The fraction of sp³-hybridized carbons (Fsp3) is 0.280. The summed E-state index contributed by atoms with van der Waals surface area (Å²) in [6.07, 6.45) is 3.62. The minimum absolute atomic E-state index is 0.121. The minimum atomic E-state index is -0.204. The lowest BCUT2D eigenvalue weighted by molar-refractivity contribution is -0.118. The van der Waals surface area contributed by atoms with Gasteiger partial charge in [0.05, 0.1) is 17.9 Å². The Morgan fingerprint density at radius 2 is 1.85 bits per heavy atom. The number of hydrogen-bond acceptors (Lipinski definition) is 8. The van der Waals surface area contributed by atoms with Gasteiger partial charge in [-0.15, -0.1) is 0 Å². The molecule has 1 atom stereocenters. The summed E-state index contributed by atoms with van der Waals surface area (Å²) < 4.78 is 0. The van der Waals surface area contributed by atoms with Crippen LogP contribution in [0.25, 0.3) is 0 Å². The molecule has 174 valence electrons. The van der Waals surface area contributed by atoms with E-state index in [0.717, 1.165) is 43.0 Å². The first-order chi connectivity index (χ1) is 16.6. The van der Waals surface area contributed by atoms with Crippen molar-refractivity contribution >= 4 is 29.2 Å². The van der Waals surface area contributed by atoms with E-state index in [4.69, 9.17) is 4.98 Å². The minimum Gasteiger partial charge on any atom is -0.368 e. The van der Waals surface area contributed by atoms with Gasteiger partial charge >= 0.3 is 0 Å². The smallest absolute Gasteiger partial charge is 0.267 e. The number of aromatic nitrogens is 3. The Labute approximate surface area is 198 Å². The number of benzene rings is 1. The Kier molecular flexibility index (Phi) is 6.09. The SMILES string of the molecule is C=C1C(=O)NC[C@H](c2ccccc2)N1c1nc(Nc2ccc(N3CCNCC3)cn2)ncc1C. The molecule has 1 aromatic carbocycles. The molecular formula is C25H28N8O. The maximum atomic E-state index is 12.5. The average molecular weight is 457 g/mol. The van der Waals surface area contributed by atoms with Crippen LogP contribution in [0.2, 0.25) is 0 Å². The highest BCUT2D eigenvalue weighted by Gasteiger charge is 2.33. The van der Waals surface area contributed by atoms with Crippen molar-refractivity contribution in [1.82, 2.24) is 25.6 Å². The second-order valence-corrected chi connectivity index (χ2v) is 8.42. The standard InChI is InChI=1S/C25H28N8O/c1-17-14-29-25(30-22-9-8-20(15-27-22)32-12-10-26-11-13-32)31-23(17)33-18(2)24(34)28-16-21(33)19-6-4-3-5-7-19/h3-9,14-15,21,26H,2,10-13,16H2,1H3,(H,28,34)(H,27,29,30,31)/t21-/m1/s1. The lowest BCUT2D eigenvalue weighted by Crippen LogP contribution is -2.48. The van der Waals surface area contributed by atoms with E-state index < -0.39 is 0 Å². The van der Waals surface area contributed by atoms with Gasteiger partial charge in [0.2, 0.25) is 5.95 Å². The fourth-order valence-corrected chi connectivity index (χ4v) is 4.32. The molecule has 2 saturated heterocycles. The zero-order valence-electron chi connectivity index (χ0n) is 19.2. The van der Waals surface area contributed by atoms with Gasteiger partial charge in [-0.2, -0.15) is 4.98 Å². The van der Waals surface area contributed by atoms with E-state index in [1.807, 2.05) is 54.4 Å². The van der Waals surface area contributed by atoms with E-state index in [1.54, 1.807) is 6.20 Å². The van der Waals surface area contributed by atoms with Gasteiger partial charge in [-0.3, -0.25) is 4.79 Å². The van der Waals surface area contributed by atoms with Crippen LogP contribution in [-0.4, -0.2) is 53.6 Å². The summed E-state index contributed by atoms with van der Waals surface area (Å²) in [5.41, 5.74) is 3.37. The van der Waals surface area contributed by atoms with Crippen LogP contribution < -0.4 is 25.8 Å². The van der Waals surface area contributed by atoms with Gasteiger partial charge in [0.1, 0.15) is 17.3 Å². The van der Waals surface area contributed by atoms with Crippen molar-refractivity contribution in [2.45, 2.75) is 13.0 Å². The second-order valence-electron chi connectivity index (χ2n) is 8.42. The predicted octanol–water partition coefficient (Wildman–Crippen LogP) is 2.52. The van der Waals surface area contributed by atoms with Crippen LogP contribution in [-0.2, 0) is 4.79 Å². The van der Waals surface area contributed by atoms with Gasteiger partial charge < -0.3 is 25.8 Å². The zero-order valence-corrected chi connectivity index (χ0v) is 19.2. The second kappa shape index (κ2) is 9.48. The lowest BCUT2D eigenvalue weighted by Gasteiger charge is -2.38. The molecule has 2 aromatic heterocycles. The molecule has 9 nitrogen and oxygen atoms in total. The quantitative estimate of drug-likeness (QED) is 0.504. The topological polar surface area (TPSA) is 98.3 Å². The Morgan fingerprint density at radius 3 is 2.59 bits per heavy atom. The summed E-state index contributed by atoms with van der Waals surface area (Å²) in [7, 11) is 0. The highest BCUT2D eigenvalue weighted by molar-refractivity contribution is 5.98. The normalized spacial score (nSPS) is 18.6. The Balaban J connectivity index is 1.41. The molecule has 0 unspecified atom stereocenters. The summed E-state index contributed by atoms with van der Waals surface area (Å²) in [6, 6.07) is 13.9. The van der Waals surface area contributed by atoms with Crippen molar-refractivity contribution in [3.8, 4) is 0 Å². The van der Waals surface area contributed by atoms with Crippen LogP contribution in [0.15, 0.2) is 67.1 Å².